The fourth-order valence-corrected chi connectivity index (χ4v) is 2.01. The Hall–Kier alpha value is -1.11. The maximum atomic E-state index is 13.0. The molecule has 1 aromatic rings. The number of nitrogens with one attached hydrogen (secondary N) is 1. The first-order valence-corrected chi connectivity index (χ1v) is 5.19. The molecule has 0 aromatic heterocycles. The highest BCUT2D eigenvalue weighted by Crippen LogP contribution is 2.17. The number of hydrogen-bond acceptors (Lipinski definition) is 2. The largest absolute Gasteiger partial charge is 0.316 e. The summed E-state index contributed by atoms with van der Waals surface area (Å²) in [4.78, 5) is 0. The lowest BCUT2D eigenvalue weighted by atomic mass is 9.97. The second-order valence-electron chi connectivity index (χ2n) is 3.99. The van der Waals surface area contributed by atoms with E-state index in [0.717, 1.165) is 25.1 Å². The summed E-state index contributed by atoms with van der Waals surface area (Å²) >= 11 is 0. The lowest BCUT2D eigenvalue weighted by Gasteiger charge is -2.08. The van der Waals surface area contributed by atoms with Crippen LogP contribution in [0.15, 0.2) is 18.2 Å². The molecular weight excluding hydrogens is 227 g/mol. The summed E-state index contributed by atoms with van der Waals surface area (Å²) in [7, 11) is 0. The molecule has 1 aromatic carbocycles. The molecule has 1 atom stereocenters. The maximum Gasteiger partial charge on any atom is 0.140 e. The van der Waals surface area contributed by atoms with Crippen LogP contribution in [0, 0.1) is 23.1 Å². The highest BCUT2D eigenvalue weighted by Gasteiger charge is 2.15. The van der Waals surface area contributed by atoms with E-state index in [4.69, 9.17) is 5.26 Å². The van der Waals surface area contributed by atoms with Gasteiger partial charge < -0.3 is 5.32 Å². The minimum Gasteiger partial charge on any atom is -0.316 e. The van der Waals surface area contributed by atoms with Gasteiger partial charge in [-0.15, -0.1) is 12.4 Å². The van der Waals surface area contributed by atoms with Crippen LogP contribution in [0.2, 0.25) is 0 Å². The molecule has 0 radical (unpaired) electrons. The Morgan fingerprint density at radius 2 is 2.31 bits per heavy atom. The van der Waals surface area contributed by atoms with Crippen LogP contribution in [0.3, 0.4) is 0 Å². The fraction of sp³-hybridized carbons (Fsp3) is 0.417. The summed E-state index contributed by atoms with van der Waals surface area (Å²) in [6.45, 7) is 2.09. The number of benzene rings is 1. The third-order valence-corrected chi connectivity index (χ3v) is 2.84. The van der Waals surface area contributed by atoms with Crippen molar-refractivity contribution >= 4 is 12.4 Å². The molecule has 16 heavy (non-hydrogen) atoms. The molecule has 86 valence electrons. The molecular formula is C12H14ClFN2. The molecule has 1 unspecified atom stereocenters. The van der Waals surface area contributed by atoms with Crippen LogP contribution >= 0.6 is 12.4 Å². The van der Waals surface area contributed by atoms with Gasteiger partial charge in [-0.25, -0.2) is 4.39 Å². The first-order valence-electron chi connectivity index (χ1n) is 5.19. The van der Waals surface area contributed by atoms with Gasteiger partial charge in [-0.3, -0.25) is 0 Å². The Bertz CT molecular complexity index is 394. The molecule has 1 heterocycles. The van der Waals surface area contributed by atoms with Crippen molar-refractivity contribution in [2.75, 3.05) is 13.1 Å². The molecule has 0 aliphatic carbocycles. The SMILES string of the molecule is Cl.N#Cc1cc(CC2CCNC2)ccc1F. The van der Waals surface area contributed by atoms with E-state index in [9.17, 15) is 4.39 Å². The minimum atomic E-state index is -0.425. The average Bonchev–Trinajstić information content (AvgIpc) is 2.73. The summed E-state index contributed by atoms with van der Waals surface area (Å²) in [5, 5.41) is 12.0. The van der Waals surface area contributed by atoms with E-state index in [1.807, 2.05) is 6.07 Å². The topological polar surface area (TPSA) is 35.8 Å². The molecule has 0 spiro atoms. The summed E-state index contributed by atoms with van der Waals surface area (Å²) in [6.07, 6.45) is 2.10. The Morgan fingerprint density at radius 1 is 1.50 bits per heavy atom. The normalized spacial score (nSPS) is 18.9. The van der Waals surface area contributed by atoms with Gasteiger partial charge in [0, 0.05) is 0 Å². The Kier molecular flexibility index (Phi) is 4.72. The van der Waals surface area contributed by atoms with Crippen molar-refractivity contribution < 1.29 is 4.39 Å². The van der Waals surface area contributed by atoms with Gasteiger partial charge >= 0.3 is 0 Å². The zero-order valence-electron chi connectivity index (χ0n) is 8.87. The van der Waals surface area contributed by atoms with Crippen LogP contribution in [-0.2, 0) is 6.42 Å². The van der Waals surface area contributed by atoms with Gasteiger partial charge in [-0.1, -0.05) is 6.07 Å². The molecule has 1 fully saturated rings. The van der Waals surface area contributed by atoms with E-state index in [0.29, 0.717) is 5.92 Å². The first kappa shape index (κ1) is 13.0. The van der Waals surface area contributed by atoms with E-state index < -0.39 is 5.82 Å². The quantitative estimate of drug-likeness (QED) is 0.861. The second-order valence-corrected chi connectivity index (χ2v) is 3.99. The lowest BCUT2D eigenvalue weighted by Crippen LogP contribution is -2.10. The Morgan fingerprint density at radius 3 is 2.94 bits per heavy atom. The van der Waals surface area contributed by atoms with Crippen LogP contribution in [0.1, 0.15) is 17.5 Å². The van der Waals surface area contributed by atoms with E-state index in [2.05, 4.69) is 5.32 Å². The number of rotatable bonds is 2. The van der Waals surface area contributed by atoms with Crippen molar-refractivity contribution in [1.29, 1.82) is 5.26 Å². The van der Waals surface area contributed by atoms with Crippen molar-refractivity contribution in [3.8, 4) is 6.07 Å². The first-order chi connectivity index (χ1) is 7.29. The molecule has 1 aliphatic rings. The third-order valence-electron chi connectivity index (χ3n) is 2.84. The lowest BCUT2D eigenvalue weighted by molar-refractivity contribution is 0.577. The molecule has 0 saturated carbocycles. The Balaban J connectivity index is 0.00000128. The predicted molar refractivity (Wildman–Crippen MR) is 63.0 cm³/mol. The summed E-state index contributed by atoms with van der Waals surface area (Å²) in [5.41, 5.74) is 1.21. The molecule has 1 saturated heterocycles. The number of nitrogens with zero attached hydrogens (tertiary/aromatic N) is 1. The summed E-state index contributed by atoms with van der Waals surface area (Å²) < 4.78 is 13.0. The Labute approximate surface area is 101 Å². The number of halogens is 2. The number of hydrogen-bond donors (Lipinski definition) is 1. The van der Waals surface area contributed by atoms with Crippen LogP contribution < -0.4 is 5.32 Å². The van der Waals surface area contributed by atoms with E-state index in [1.54, 1.807) is 12.1 Å². The zero-order valence-corrected chi connectivity index (χ0v) is 9.69. The highest BCUT2D eigenvalue weighted by molar-refractivity contribution is 5.85. The maximum absolute atomic E-state index is 13.0. The molecule has 2 nitrogen and oxygen atoms in total. The molecule has 1 aliphatic heterocycles. The van der Waals surface area contributed by atoms with Crippen molar-refractivity contribution in [3.63, 3.8) is 0 Å². The molecule has 1 N–H and O–H groups in total. The average molecular weight is 241 g/mol. The van der Waals surface area contributed by atoms with Crippen molar-refractivity contribution in [2.45, 2.75) is 12.8 Å². The standard InChI is InChI=1S/C12H13FN2.ClH/c13-12-2-1-9(6-11(12)7-14)5-10-3-4-15-8-10;/h1-2,6,10,15H,3-5,8H2;1H. The predicted octanol–water partition coefficient (Wildman–Crippen LogP) is 2.27. The molecule has 2 rings (SSSR count). The van der Waals surface area contributed by atoms with Crippen molar-refractivity contribution in [2.24, 2.45) is 5.92 Å². The van der Waals surface area contributed by atoms with Gasteiger partial charge in [-0.2, -0.15) is 5.26 Å². The smallest absolute Gasteiger partial charge is 0.140 e. The summed E-state index contributed by atoms with van der Waals surface area (Å²) in [5.74, 6) is 0.202. The van der Waals surface area contributed by atoms with Gasteiger partial charge in [0.1, 0.15) is 11.9 Å². The zero-order chi connectivity index (χ0) is 10.7. The van der Waals surface area contributed by atoms with E-state index >= 15 is 0 Å². The van der Waals surface area contributed by atoms with Gasteiger partial charge in [0.05, 0.1) is 5.56 Å². The van der Waals surface area contributed by atoms with Gasteiger partial charge in [0.2, 0.25) is 0 Å². The molecule has 4 heteroatoms. The molecule has 0 amide bonds. The van der Waals surface area contributed by atoms with Gasteiger partial charge in [0.25, 0.3) is 0 Å². The minimum absolute atomic E-state index is 0. The number of nitriles is 1. The monoisotopic (exact) mass is 240 g/mol. The van der Waals surface area contributed by atoms with E-state index in [-0.39, 0.29) is 18.0 Å². The highest BCUT2D eigenvalue weighted by atomic mass is 35.5. The van der Waals surface area contributed by atoms with Crippen LogP contribution in [0.4, 0.5) is 4.39 Å². The van der Waals surface area contributed by atoms with Crippen LogP contribution in [0.5, 0.6) is 0 Å². The van der Waals surface area contributed by atoms with Crippen molar-refractivity contribution in [3.05, 3.63) is 35.1 Å². The van der Waals surface area contributed by atoms with Crippen molar-refractivity contribution in [1.82, 2.24) is 5.32 Å². The fourth-order valence-electron chi connectivity index (χ4n) is 2.01. The van der Waals surface area contributed by atoms with Crippen LogP contribution in [-0.4, -0.2) is 13.1 Å². The van der Waals surface area contributed by atoms with Crippen LogP contribution in [0.25, 0.3) is 0 Å². The van der Waals surface area contributed by atoms with Gasteiger partial charge in [0.15, 0.2) is 0 Å². The van der Waals surface area contributed by atoms with Gasteiger partial charge in [-0.05, 0) is 49.5 Å². The second kappa shape index (κ2) is 5.83. The third kappa shape index (κ3) is 2.94. The summed E-state index contributed by atoms with van der Waals surface area (Å²) in [6, 6.07) is 6.69. The van der Waals surface area contributed by atoms with E-state index in [1.165, 1.54) is 12.5 Å². The molecule has 0 bridgehead atoms.